The zero-order chi connectivity index (χ0) is 30.4. The van der Waals surface area contributed by atoms with Crippen molar-refractivity contribution < 1.29 is 10.2 Å². The molecule has 0 spiro atoms. The van der Waals surface area contributed by atoms with Crippen molar-refractivity contribution in [2.24, 2.45) is 0 Å². The number of β-amino-alcohol motifs (C(OH)–C–C–N with tert-alkyl or cyclic N) is 1. The highest BCUT2D eigenvalue weighted by atomic mass is 35.5. The van der Waals surface area contributed by atoms with Gasteiger partial charge in [0.2, 0.25) is 0 Å². The lowest BCUT2D eigenvalue weighted by Crippen LogP contribution is -2.21. The van der Waals surface area contributed by atoms with E-state index in [-0.39, 0.29) is 12.7 Å². The number of aromatic nitrogens is 5. The van der Waals surface area contributed by atoms with E-state index in [1.807, 2.05) is 30.5 Å². The van der Waals surface area contributed by atoms with Crippen molar-refractivity contribution in [3.8, 4) is 22.5 Å². The number of hydrogen-bond donors (Lipinski definition) is 3. The second-order valence-electron chi connectivity index (χ2n) is 11.4. The van der Waals surface area contributed by atoms with Crippen molar-refractivity contribution in [1.29, 1.82) is 0 Å². The summed E-state index contributed by atoms with van der Waals surface area (Å²) in [4.78, 5) is 16.4. The Hall–Kier alpha value is -4.41. The number of rotatable bonds is 7. The molecule has 0 saturated carbocycles. The molecule has 1 fully saturated rings. The first-order valence-corrected chi connectivity index (χ1v) is 15.0. The number of nitrogens with zero attached hydrogens (tertiary/aromatic N) is 6. The van der Waals surface area contributed by atoms with Gasteiger partial charge in [-0.3, -0.25) is 9.88 Å². The van der Waals surface area contributed by atoms with E-state index < -0.39 is 0 Å². The van der Waals surface area contributed by atoms with Crippen LogP contribution in [0.1, 0.15) is 28.7 Å². The lowest BCUT2D eigenvalue weighted by Gasteiger charge is -2.17. The van der Waals surface area contributed by atoms with Gasteiger partial charge in [0.15, 0.2) is 17.3 Å². The predicted molar refractivity (Wildman–Crippen MR) is 173 cm³/mol. The average molecular weight is 606 g/mol. The Kier molecular flexibility index (Phi) is 7.47. The summed E-state index contributed by atoms with van der Waals surface area (Å²) >= 11 is 6.44. The standard InChI is InChI=1S/C34H32ClN7O2/c1-20-26(5-3-7-28(20)32-39-34-29(35)14-23(19-43)17-42(34)40-32)27-6-4-8-30(21(27)2)38-33-31-24(9-11-36-33)13-22(15-37-31)16-41-12-10-25(44)18-41/h3-9,11,13-15,17,25,43-44H,10,12,16,18-19H2,1-2H3,(H,36,38)/t25-/m1/s1. The van der Waals surface area contributed by atoms with Crippen LogP contribution in [0.4, 0.5) is 11.5 Å². The van der Waals surface area contributed by atoms with E-state index >= 15 is 0 Å². The van der Waals surface area contributed by atoms with Gasteiger partial charge in [0, 0.05) is 54.9 Å². The molecule has 6 aromatic rings. The first kappa shape index (κ1) is 28.4. The van der Waals surface area contributed by atoms with Gasteiger partial charge in [-0.1, -0.05) is 41.9 Å². The van der Waals surface area contributed by atoms with Crippen LogP contribution in [0.3, 0.4) is 0 Å². The minimum atomic E-state index is -0.240. The maximum absolute atomic E-state index is 9.88. The van der Waals surface area contributed by atoms with E-state index in [0.717, 1.165) is 69.5 Å². The molecule has 222 valence electrons. The van der Waals surface area contributed by atoms with Crippen LogP contribution in [-0.2, 0) is 13.2 Å². The lowest BCUT2D eigenvalue weighted by atomic mass is 9.92. The molecule has 3 N–H and O–H groups in total. The maximum atomic E-state index is 9.88. The molecule has 1 atom stereocenters. The highest BCUT2D eigenvalue weighted by molar-refractivity contribution is 6.33. The topological polar surface area (TPSA) is 112 Å². The molecule has 1 saturated heterocycles. The Morgan fingerprint density at radius 2 is 1.77 bits per heavy atom. The van der Waals surface area contributed by atoms with Crippen LogP contribution in [0.2, 0.25) is 5.02 Å². The molecule has 4 aromatic heterocycles. The largest absolute Gasteiger partial charge is 0.392 e. The van der Waals surface area contributed by atoms with E-state index in [1.165, 1.54) is 0 Å². The fourth-order valence-electron chi connectivity index (χ4n) is 6.06. The van der Waals surface area contributed by atoms with Gasteiger partial charge in [-0.2, -0.15) is 0 Å². The smallest absolute Gasteiger partial charge is 0.182 e. The van der Waals surface area contributed by atoms with E-state index in [9.17, 15) is 10.2 Å². The van der Waals surface area contributed by atoms with E-state index in [2.05, 4.69) is 58.4 Å². The summed E-state index contributed by atoms with van der Waals surface area (Å²) in [6, 6.07) is 18.2. The molecular formula is C34H32ClN7O2. The van der Waals surface area contributed by atoms with Crippen LogP contribution in [0.5, 0.6) is 0 Å². The molecule has 0 bridgehead atoms. The second kappa shape index (κ2) is 11.6. The van der Waals surface area contributed by atoms with Crippen molar-refractivity contribution in [3.63, 3.8) is 0 Å². The van der Waals surface area contributed by atoms with Gasteiger partial charge >= 0.3 is 0 Å². The third-order valence-electron chi connectivity index (χ3n) is 8.39. The van der Waals surface area contributed by atoms with E-state index in [4.69, 9.17) is 21.6 Å². The monoisotopic (exact) mass is 605 g/mol. The van der Waals surface area contributed by atoms with Gasteiger partial charge in [0.25, 0.3) is 0 Å². The Morgan fingerprint density at radius 3 is 2.57 bits per heavy atom. The first-order chi connectivity index (χ1) is 21.4. The maximum Gasteiger partial charge on any atom is 0.182 e. The summed E-state index contributed by atoms with van der Waals surface area (Å²) in [7, 11) is 0. The predicted octanol–water partition coefficient (Wildman–Crippen LogP) is 6.08. The van der Waals surface area contributed by atoms with Crippen molar-refractivity contribution in [2.75, 3.05) is 18.4 Å². The minimum Gasteiger partial charge on any atom is -0.392 e. The van der Waals surface area contributed by atoms with Gasteiger partial charge in [0.05, 0.1) is 17.7 Å². The number of pyridine rings is 3. The van der Waals surface area contributed by atoms with Gasteiger partial charge in [-0.15, -0.1) is 5.10 Å². The summed E-state index contributed by atoms with van der Waals surface area (Å²) < 4.78 is 1.62. The number of fused-ring (bicyclic) bond motifs is 2. The zero-order valence-electron chi connectivity index (χ0n) is 24.5. The molecule has 0 aliphatic carbocycles. The number of hydrogen-bond acceptors (Lipinski definition) is 8. The normalized spacial score (nSPS) is 15.4. The van der Waals surface area contributed by atoms with Crippen molar-refractivity contribution in [2.45, 2.75) is 39.5 Å². The first-order valence-electron chi connectivity index (χ1n) is 14.6. The Balaban J connectivity index is 1.20. The minimum absolute atomic E-state index is 0.126. The molecule has 0 amide bonds. The number of anilines is 2. The highest BCUT2D eigenvalue weighted by Gasteiger charge is 2.21. The average Bonchev–Trinajstić information content (AvgIpc) is 3.64. The summed E-state index contributed by atoms with van der Waals surface area (Å²) in [5.41, 5.74) is 9.28. The van der Waals surface area contributed by atoms with Crippen LogP contribution < -0.4 is 5.32 Å². The molecular weight excluding hydrogens is 574 g/mol. The number of halogens is 1. The van der Waals surface area contributed by atoms with E-state index in [0.29, 0.717) is 34.4 Å². The molecule has 10 heteroatoms. The molecule has 5 heterocycles. The molecule has 0 unspecified atom stereocenters. The number of benzene rings is 2. The van der Waals surface area contributed by atoms with Crippen LogP contribution >= 0.6 is 11.6 Å². The lowest BCUT2D eigenvalue weighted by molar-refractivity contribution is 0.175. The number of aliphatic hydroxyl groups is 2. The van der Waals surface area contributed by atoms with Crippen LogP contribution in [0, 0.1) is 13.8 Å². The Morgan fingerprint density at radius 1 is 0.977 bits per heavy atom. The van der Waals surface area contributed by atoms with Gasteiger partial charge < -0.3 is 15.5 Å². The van der Waals surface area contributed by atoms with Crippen molar-refractivity contribution in [1.82, 2.24) is 29.5 Å². The molecule has 2 aromatic carbocycles. The summed E-state index contributed by atoms with van der Waals surface area (Å²) in [5.74, 6) is 1.27. The fraction of sp³-hybridized carbons (Fsp3) is 0.235. The Bertz CT molecular complexity index is 2030. The molecule has 1 aliphatic rings. The number of likely N-dealkylation sites (tertiary alicyclic amines) is 1. The van der Waals surface area contributed by atoms with Gasteiger partial charge in [0.1, 0.15) is 5.52 Å². The van der Waals surface area contributed by atoms with Gasteiger partial charge in [-0.05, 0) is 77.9 Å². The fourth-order valence-corrected chi connectivity index (χ4v) is 6.32. The Labute approximate surface area is 259 Å². The SMILES string of the molecule is Cc1c(Nc2nccc3cc(CN4CC[C@@H](O)C4)cnc23)cccc1-c1cccc(-c2nc3c(Cl)cc(CO)cn3n2)c1C. The molecule has 1 aliphatic heterocycles. The zero-order valence-corrected chi connectivity index (χ0v) is 25.3. The molecule has 7 rings (SSSR count). The van der Waals surface area contributed by atoms with Crippen LogP contribution in [0.25, 0.3) is 39.1 Å². The van der Waals surface area contributed by atoms with Gasteiger partial charge in [-0.25, -0.2) is 14.5 Å². The highest BCUT2D eigenvalue weighted by Crippen LogP contribution is 2.36. The number of nitrogens with one attached hydrogen (secondary N) is 1. The van der Waals surface area contributed by atoms with Crippen LogP contribution in [-0.4, -0.2) is 58.9 Å². The molecule has 9 nitrogen and oxygen atoms in total. The quantitative estimate of drug-likeness (QED) is 0.201. The number of aliphatic hydroxyl groups excluding tert-OH is 2. The third-order valence-corrected chi connectivity index (χ3v) is 8.67. The van der Waals surface area contributed by atoms with Crippen molar-refractivity contribution >= 4 is 39.7 Å². The van der Waals surface area contributed by atoms with Crippen molar-refractivity contribution in [3.05, 3.63) is 100 Å². The summed E-state index contributed by atoms with van der Waals surface area (Å²) in [5, 5.41) is 29.1. The van der Waals surface area contributed by atoms with E-state index in [1.54, 1.807) is 23.0 Å². The molecule has 44 heavy (non-hydrogen) atoms. The summed E-state index contributed by atoms with van der Waals surface area (Å²) in [6.07, 6.45) is 6.03. The third kappa shape index (κ3) is 5.28. The molecule has 0 radical (unpaired) electrons. The van der Waals surface area contributed by atoms with Crippen LogP contribution in [0.15, 0.2) is 73.2 Å². The second-order valence-corrected chi connectivity index (χ2v) is 11.8. The summed E-state index contributed by atoms with van der Waals surface area (Å²) in [6.45, 7) is 6.42.